The molecule has 0 N–H and O–H groups in total. The van der Waals surface area contributed by atoms with Crippen LogP contribution in [0.25, 0.3) is 77.2 Å². The molecular weight excluding hydrogens is 759 g/mol. The van der Waals surface area contributed by atoms with Crippen molar-refractivity contribution in [1.29, 1.82) is 0 Å². The molecule has 0 saturated carbocycles. The Balaban J connectivity index is 1.04. The number of hydrogen-bond donors (Lipinski definition) is 0. The van der Waals surface area contributed by atoms with Crippen LogP contribution in [0.3, 0.4) is 0 Å². The van der Waals surface area contributed by atoms with Crippen molar-refractivity contribution in [3.05, 3.63) is 235 Å². The molecular formula is C62H47N. The van der Waals surface area contributed by atoms with Crippen molar-refractivity contribution in [2.75, 3.05) is 4.90 Å². The van der Waals surface area contributed by atoms with Crippen LogP contribution in [0.5, 0.6) is 0 Å². The van der Waals surface area contributed by atoms with Crippen molar-refractivity contribution in [3.63, 3.8) is 0 Å². The highest BCUT2D eigenvalue weighted by atomic mass is 15.1. The van der Waals surface area contributed by atoms with Gasteiger partial charge < -0.3 is 4.90 Å². The third kappa shape index (κ3) is 5.69. The van der Waals surface area contributed by atoms with Crippen LogP contribution in [-0.4, -0.2) is 0 Å². The fourth-order valence-corrected chi connectivity index (χ4v) is 11.2. The lowest BCUT2D eigenvalue weighted by Crippen LogP contribution is -2.17. The summed E-state index contributed by atoms with van der Waals surface area (Å²) in [6, 6.07) is 79.1. The molecule has 0 fully saturated rings. The van der Waals surface area contributed by atoms with Gasteiger partial charge in [0.25, 0.3) is 0 Å². The molecule has 12 rings (SSSR count). The largest absolute Gasteiger partial charge is 0.309 e. The van der Waals surface area contributed by atoms with E-state index in [2.05, 4.69) is 245 Å². The van der Waals surface area contributed by atoms with Crippen molar-refractivity contribution < 1.29 is 0 Å². The van der Waals surface area contributed by atoms with Crippen LogP contribution in [0.2, 0.25) is 0 Å². The van der Waals surface area contributed by atoms with Gasteiger partial charge in [-0.3, -0.25) is 0 Å². The molecule has 0 heterocycles. The molecule has 10 aromatic rings. The molecule has 0 unspecified atom stereocenters. The van der Waals surface area contributed by atoms with E-state index >= 15 is 0 Å². The van der Waals surface area contributed by atoms with Gasteiger partial charge in [-0.05, 0) is 125 Å². The summed E-state index contributed by atoms with van der Waals surface area (Å²) >= 11 is 0. The predicted molar refractivity (Wildman–Crippen MR) is 268 cm³/mol. The van der Waals surface area contributed by atoms with Crippen molar-refractivity contribution in [2.45, 2.75) is 38.5 Å². The van der Waals surface area contributed by atoms with Crippen LogP contribution in [0, 0.1) is 0 Å². The highest BCUT2D eigenvalue weighted by Gasteiger charge is 2.38. The Hall–Kier alpha value is -7.48. The molecule has 300 valence electrons. The van der Waals surface area contributed by atoms with Gasteiger partial charge in [0.2, 0.25) is 0 Å². The lowest BCUT2D eigenvalue weighted by Gasteiger charge is -2.31. The van der Waals surface area contributed by atoms with Gasteiger partial charge in [0.05, 0.1) is 11.4 Å². The highest BCUT2D eigenvalue weighted by molar-refractivity contribution is 6.09. The van der Waals surface area contributed by atoms with Gasteiger partial charge in [-0.1, -0.05) is 204 Å². The summed E-state index contributed by atoms with van der Waals surface area (Å²) in [6.07, 6.45) is 0. The van der Waals surface area contributed by atoms with Gasteiger partial charge in [-0.2, -0.15) is 0 Å². The Bertz CT molecular complexity index is 3460. The number of fused-ring (bicyclic) bond motifs is 9. The molecule has 1 heteroatoms. The molecule has 2 aliphatic rings. The molecule has 0 amide bonds. The van der Waals surface area contributed by atoms with E-state index in [9.17, 15) is 0 Å². The van der Waals surface area contributed by atoms with Crippen molar-refractivity contribution in [2.24, 2.45) is 0 Å². The Morgan fingerprint density at radius 2 is 0.810 bits per heavy atom. The van der Waals surface area contributed by atoms with Crippen molar-refractivity contribution >= 4 is 38.6 Å². The molecule has 0 atom stereocenters. The zero-order chi connectivity index (χ0) is 42.5. The molecule has 0 saturated heterocycles. The lowest BCUT2D eigenvalue weighted by atomic mass is 9.78. The quantitative estimate of drug-likeness (QED) is 0.151. The average molecular weight is 806 g/mol. The van der Waals surface area contributed by atoms with Gasteiger partial charge in [0.15, 0.2) is 0 Å². The maximum atomic E-state index is 2.50. The molecule has 0 aromatic heterocycles. The Morgan fingerprint density at radius 3 is 1.57 bits per heavy atom. The second-order valence-corrected chi connectivity index (χ2v) is 18.5. The summed E-state index contributed by atoms with van der Waals surface area (Å²) in [7, 11) is 0. The second-order valence-electron chi connectivity index (χ2n) is 18.5. The fourth-order valence-electron chi connectivity index (χ4n) is 11.2. The first kappa shape index (κ1) is 37.3. The van der Waals surface area contributed by atoms with Crippen LogP contribution in [0.1, 0.15) is 49.9 Å². The van der Waals surface area contributed by atoms with E-state index < -0.39 is 0 Å². The molecule has 0 spiro atoms. The van der Waals surface area contributed by atoms with E-state index in [0.717, 1.165) is 17.1 Å². The SMILES string of the molecule is CC1(C)c2ccccc2-c2ccc(-c3ccc(N(c4ccccc4-c4ccc5c(ccc6ccccc65)c4)c4ccccc4-c4cccc5c4C(C)(C)c4ccccc4-5)cc3)cc21. The average Bonchev–Trinajstić information content (AvgIpc) is 3.71. The topological polar surface area (TPSA) is 3.24 Å². The van der Waals surface area contributed by atoms with Crippen LogP contribution in [0.15, 0.2) is 212 Å². The van der Waals surface area contributed by atoms with E-state index in [1.807, 2.05) is 0 Å². The number of anilines is 3. The minimum absolute atomic E-state index is 0.0600. The van der Waals surface area contributed by atoms with E-state index in [-0.39, 0.29) is 10.8 Å². The third-order valence-corrected chi connectivity index (χ3v) is 14.3. The van der Waals surface area contributed by atoms with Crippen LogP contribution < -0.4 is 4.90 Å². The van der Waals surface area contributed by atoms with E-state index in [1.165, 1.54) is 99.4 Å². The number of hydrogen-bond acceptors (Lipinski definition) is 1. The van der Waals surface area contributed by atoms with Gasteiger partial charge in [-0.15, -0.1) is 0 Å². The van der Waals surface area contributed by atoms with E-state index in [1.54, 1.807) is 0 Å². The van der Waals surface area contributed by atoms with Gasteiger partial charge in [0, 0.05) is 27.6 Å². The molecule has 1 nitrogen and oxygen atoms in total. The lowest BCUT2D eigenvalue weighted by molar-refractivity contribution is 0.660. The number of para-hydroxylation sites is 2. The Morgan fingerprint density at radius 1 is 0.302 bits per heavy atom. The zero-order valence-corrected chi connectivity index (χ0v) is 36.2. The minimum atomic E-state index is -0.166. The summed E-state index contributed by atoms with van der Waals surface area (Å²) < 4.78 is 0. The number of rotatable bonds is 6. The summed E-state index contributed by atoms with van der Waals surface area (Å²) in [5.74, 6) is 0. The summed E-state index contributed by atoms with van der Waals surface area (Å²) in [5.41, 5.74) is 21.3. The predicted octanol–water partition coefficient (Wildman–Crippen LogP) is 17.1. The maximum absolute atomic E-state index is 2.50. The molecule has 2 aliphatic carbocycles. The molecule has 0 radical (unpaired) electrons. The normalized spacial score (nSPS) is 14.0. The first-order valence-corrected chi connectivity index (χ1v) is 22.3. The summed E-state index contributed by atoms with van der Waals surface area (Å²) in [5, 5.41) is 5.05. The van der Waals surface area contributed by atoms with Gasteiger partial charge in [-0.25, -0.2) is 0 Å². The number of nitrogens with zero attached hydrogens (tertiary/aromatic N) is 1. The fraction of sp³-hybridized carbons (Fsp3) is 0.0968. The number of benzene rings is 10. The van der Waals surface area contributed by atoms with Crippen LogP contribution in [0.4, 0.5) is 17.1 Å². The highest BCUT2D eigenvalue weighted by Crippen LogP contribution is 2.55. The maximum Gasteiger partial charge on any atom is 0.0540 e. The summed E-state index contributed by atoms with van der Waals surface area (Å²) in [6.45, 7) is 9.49. The van der Waals surface area contributed by atoms with Crippen LogP contribution >= 0.6 is 0 Å². The Labute approximate surface area is 370 Å². The third-order valence-electron chi connectivity index (χ3n) is 14.3. The zero-order valence-electron chi connectivity index (χ0n) is 36.2. The second kappa shape index (κ2) is 14.0. The van der Waals surface area contributed by atoms with E-state index in [4.69, 9.17) is 0 Å². The first-order valence-electron chi connectivity index (χ1n) is 22.3. The minimum Gasteiger partial charge on any atom is -0.309 e. The monoisotopic (exact) mass is 805 g/mol. The first-order chi connectivity index (χ1) is 30.8. The van der Waals surface area contributed by atoms with Crippen LogP contribution in [-0.2, 0) is 10.8 Å². The van der Waals surface area contributed by atoms with Crippen molar-refractivity contribution in [3.8, 4) is 55.6 Å². The van der Waals surface area contributed by atoms with Gasteiger partial charge >= 0.3 is 0 Å². The Kier molecular flexibility index (Phi) is 8.30. The summed E-state index contributed by atoms with van der Waals surface area (Å²) in [4.78, 5) is 2.50. The van der Waals surface area contributed by atoms with Crippen molar-refractivity contribution in [1.82, 2.24) is 0 Å². The molecule has 0 bridgehead atoms. The smallest absolute Gasteiger partial charge is 0.0540 e. The van der Waals surface area contributed by atoms with E-state index in [0.29, 0.717) is 0 Å². The molecule has 63 heavy (non-hydrogen) atoms. The molecule has 0 aliphatic heterocycles. The van der Waals surface area contributed by atoms with Gasteiger partial charge in [0.1, 0.15) is 0 Å². The molecule has 10 aromatic carbocycles. The standard InChI is InChI=1S/C62H47N/c1-61(2)55-24-11-7-19-49(55)51-37-32-42(39-57(51)61)40-30-34-45(35-31-40)63(58-26-13-9-18-48(58)44-33-36-47-43(38-44)29-28-41-16-5-6-17-46(41)47)59-27-14-10-21-52(59)54-23-15-22-53-50-20-8-12-25-56(50)62(3,4)60(53)54/h5-39H,1-4H3.